The number of nitrogens with two attached hydrogens (primary N) is 1. The summed E-state index contributed by atoms with van der Waals surface area (Å²) in [4.78, 5) is 18.0. The van der Waals surface area contributed by atoms with Crippen molar-refractivity contribution in [1.29, 1.82) is 0 Å². The third-order valence-corrected chi connectivity index (χ3v) is 4.26. The number of nitrogen functional groups attached to an aromatic ring is 1. The first-order valence-corrected chi connectivity index (χ1v) is 7.28. The Morgan fingerprint density at radius 2 is 2.24 bits per heavy atom. The number of amides is 1. The van der Waals surface area contributed by atoms with Crippen molar-refractivity contribution in [3.05, 3.63) is 35.2 Å². The maximum absolute atomic E-state index is 12.1. The zero-order chi connectivity index (χ0) is 14.8. The van der Waals surface area contributed by atoms with Gasteiger partial charge in [-0.15, -0.1) is 17.3 Å². The minimum Gasteiger partial charge on any atom is -0.397 e. The van der Waals surface area contributed by atoms with Gasteiger partial charge in [-0.05, 0) is 19.1 Å². The fourth-order valence-electron chi connectivity index (χ4n) is 2.10. The van der Waals surface area contributed by atoms with Crippen LogP contribution >= 0.6 is 11.3 Å². The number of anilines is 1. The number of nitrogens with zero attached hydrogens (tertiary/aromatic N) is 1. The second kappa shape index (κ2) is 5.43. The van der Waals surface area contributed by atoms with E-state index < -0.39 is 0 Å². The monoisotopic (exact) mass is 295 g/mol. The number of thiophene rings is 1. The van der Waals surface area contributed by atoms with Crippen molar-refractivity contribution in [2.45, 2.75) is 6.92 Å². The molecule has 3 aromatic rings. The Labute approximate surface area is 126 Å². The summed E-state index contributed by atoms with van der Waals surface area (Å²) in [7, 11) is 0. The Hall–Kier alpha value is -2.58. The van der Waals surface area contributed by atoms with Crippen molar-refractivity contribution in [3.8, 4) is 11.8 Å². The molecule has 0 saturated carbocycles. The average molecular weight is 295 g/mol. The van der Waals surface area contributed by atoms with E-state index >= 15 is 0 Å². The van der Waals surface area contributed by atoms with Crippen LogP contribution in [0.4, 0.5) is 5.69 Å². The van der Waals surface area contributed by atoms with Gasteiger partial charge in [0.1, 0.15) is 9.71 Å². The van der Waals surface area contributed by atoms with Crippen LogP contribution in [0.3, 0.4) is 0 Å². The molecule has 0 fully saturated rings. The number of hydrogen-bond acceptors (Lipinski definition) is 4. The SMILES string of the molecule is CC#CCNC(=O)c1sc2nc3ccccc3cc2c1N. The lowest BCUT2D eigenvalue weighted by Crippen LogP contribution is -2.23. The highest BCUT2D eigenvalue weighted by Crippen LogP contribution is 2.34. The molecule has 1 aromatic carbocycles. The summed E-state index contributed by atoms with van der Waals surface area (Å²) in [5.41, 5.74) is 7.49. The number of nitrogens with one attached hydrogen (secondary N) is 1. The molecule has 3 rings (SSSR count). The predicted molar refractivity (Wildman–Crippen MR) is 87.3 cm³/mol. The van der Waals surface area contributed by atoms with Gasteiger partial charge < -0.3 is 11.1 Å². The number of para-hydroxylation sites is 1. The minimum absolute atomic E-state index is 0.206. The Balaban J connectivity index is 2.07. The highest BCUT2D eigenvalue weighted by molar-refractivity contribution is 7.21. The molecule has 3 N–H and O–H groups in total. The second-order valence-corrected chi connectivity index (χ2v) is 5.49. The van der Waals surface area contributed by atoms with Gasteiger partial charge in [0, 0.05) is 10.8 Å². The normalized spacial score (nSPS) is 10.3. The summed E-state index contributed by atoms with van der Waals surface area (Å²) in [5.74, 6) is 5.32. The third kappa shape index (κ3) is 2.41. The highest BCUT2D eigenvalue weighted by atomic mass is 32.1. The van der Waals surface area contributed by atoms with Gasteiger partial charge in [-0.2, -0.15) is 0 Å². The number of aromatic nitrogens is 1. The molecule has 5 heteroatoms. The molecule has 0 saturated heterocycles. The molecule has 21 heavy (non-hydrogen) atoms. The Morgan fingerprint density at radius 3 is 3.05 bits per heavy atom. The van der Waals surface area contributed by atoms with Crippen molar-refractivity contribution in [3.63, 3.8) is 0 Å². The predicted octanol–water partition coefficient (Wildman–Crippen LogP) is 2.78. The number of fused-ring (bicyclic) bond motifs is 2. The first-order chi connectivity index (χ1) is 10.2. The van der Waals surface area contributed by atoms with Gasteiger partial charge in [0.25, 0.3) is 5.91 Å². The lowest BCUT2D eigenvalue weighted by molar-refractivity contribution is 0.0963. The molecule has 0 atom stereocenters. The van der Waals surface area contributed by atoms with E-state index in [1.165, 1.54) is 11.3 Å². The van der Waals surface area contributed by atoms with Crippen LogP contribution in [0.15, 0.2) is 30.3 Å². The fraction of sp³-hybridized carbons (Fsp3) is 0.125. The standard InChI is InChI=1S/C16H13N3OS/c1-2-3-8-18-15(20)14-13(17)11-9-10-6-4-5-7-12(10)19-16(11)21-14/h4-7,9H,8,17H2,1H3,(H,18,20). The van der Waals surface area contributed by atoms with Crippen LogP contribution in [0.25, 0.3) is 21.1 Å². The number of pyridine rings is 1. The molecule has 0 radical (unpaired) electrons. The van der Waals surface area contributed by atoms with E-state index in [0.29, 0.717) is 17.1 Å². The first kappa shape index (κ1) is 13.4. The molecule has 104 valence electrons. The van der Waals surface area contributed by atoms with Crippen molar-refractivity contribution in [2.75, 3.05) is 12.3 Å². The van der Waals surface area contributed by atoms with Gasteiger partial charge in [0.15, 0.2) is 0 Å². The molecule has 0 unspecified atom stereocenters. The minimum atomic E-state index is -0.206. The Kier molecular flexibility index (Phi) is 3.46. The molecular formula is C16H13N3OS. The van der Waals surface area contributed by atoms with Crippen LogP contribution in [0, 0.1) is 11.8 Å². The van der Waals surface area contributed by atoms with E-state index in [0.717, 1.165) is 21.1 Å². The summed E-state index contributed by atoms with van der Waals surface area (Å²) < 4.78 is 0. The molecule has 0 aliphatic heterocycles. The van der Waals surface area contributed by atoms with Crippen LogP contribution in [0.5, 0.6) is 0 Å². The molecule has 0 aliphatic carbocycles. The number of carbonyl (C=O) groups is 1. The van der Waals surface area contributed by atoms with Gasteiger partial charge >= 0.3 is 0 Å². The summed E-state index contributed by atoms with van der Waals surface area (Å²) in [6, 6.07) is 9.80. The number of rotatable bonds is 2. The summed E-state index contributed by atoms with van der Waals surface area (Å²) in [6.45, 7) is 2.05. The Bertz CT molecular complexity index is 902. The van der Waals surface area contributed by atoms with Gasteiger partial charge in [-0.1, -0.05) is 24.1 Å². The van der Waals surface area contributed by atoms with E-state index in [9.17, 15) is 4.79 Å². The molecule has 2 aromatic heterocycles. The van der Waals surface area contributed by atoms with E-state index in [-0.39, 0.29) is 5.91 Å². The smallest absolute Gasteiger partial charge is 0.264 e. The molecule has 0 bridgehead atoms. The molecule has 0 aliphatic rings. The van der Waals surface area contributed by atoms with Crippen LogP contribution in [-0.2, 0) is 0 Å². The maximum atomic E-state index is 12.1. The number of hydrogen-bond donors (Lipinski definition) is 2. The van der Waals surface area contributed by atoms with Crippen molar-refractivity contribution in [2.24, 2.45) is 0 Å². The fourth-order valence-corrected chi connectivity index (χ4v) is 3.11. The van der Waals surface area contributed by atoms with Gasteiger partial charge in [0.2, 0.25) is 0 Å². The van der Waals surface area contributed by atoms with E-state index in [2.05, 4.69) is 22.1 Å². The van der Waals surface area contributed by atoms with Crippen LogP contribution in [0.1, 0.15) is 16.6 Å². The lowest BCUT2D eigenvalue weighted by Gasteiger charge is -1.99. The molecular weight excluding hydrogens is 282 g/mol. The van der Waals surface area contributed by atoms with Crippen LogP contribution < -0.4 is 11.1 Å². The van der Waals surface area contributed by atoms with Crippen molar-refractivity contribution >= 4 is 44.1 Å². The number of benzene rings is 1. The van der Waals surface area contributed by atoms with Crippen LogP contribution in [-0.4, -0.2) is 17.4 Å². The van der Waals surface area contributed by atoms with E-state index in [1.54, 1.807) is 6.92 Å². The van der Waals surface area contributed by atoms with Gasteiger partial charge in [-0.3, -0.25) is 4.79 Å². The van der Waals surface area contributed by atoms with Crippen molar-refractivity contribution in [1.82, 2.24) is 10.3 Å². The molecule has 1 amide bonds. The second-order valence-electron chi connectivity index (χ2n) is 4.49. The lowest BCUT2D eigenvalue weighted by atomic mass is 10.1. The topological polar surface area (TPSA) is 68.0 Å². The third-order valence-electron chi connectivity index (χ3n) is 3.14. The Morgan fingerprint density at radius 1 is 1.43 bits per heavy atom. The zero-order valence-corrected chi connectivity index (χ0v) is 12.3. The first-order valence-electron chi connectivity index (χ1n) is 6.46. The van der Waals surface area contributed by atoms with Crippen LogP contribution in [0.2, 0.25) is 0 Å². The molecule has 0 spiro atoms. The summed E-state index contributed by atoms with van der Waals surface area (Å²) >= 11 is 1.31. The van der Waals surface area contributed by atoms with E-state index in [1.807, 2.05) is 30.3 Å². The van der Waals surface area contributed by atoms with Crippen molar-refractivity contribution < 1.29 is 4.79 Å². The maximum Gasteiger partial charge on any atom is 0.264 e. The average Bonchev–Trinajstić information content (AvgIpc) is 2.82. The van der Waals surface area contributed by atoms with E-state index in [4.69, 9.17) is 5.73 Å². The summed E-state index contributed by atoms with van der Waals surface area (Å²) in [6.07, 6.45) is 0. The number of carbonyl (C=O) groups excluding carboxylic acids is 1. The zero-order valence-electron chi connectivity index (χ0n) is 11.4. The summed E-state index contributed by atoms with van der Waals surface area (Å²) in [5, 5.41) is 4.57. The largest absolute Gasteiger partial charge is 0.397 e. The van der Waals surface area contributed by atoms with Gasteiger partial charge in [0.05, 0.1) is 17.7 Å². The van der Waals surface area contributed by atoms with Gasteiger partial charge in [-0.25, -0.2) is 4.98 Å². The quantitative estimate of drug-likeness (QED) is 0.714. The molecule has 2 heterocycles. The highest BCUT2D eigenvalue weighted by Gasteiger charge is 2.17. The molecule has 4 nitrogen and oxygen atoms in total.